The van der Waals surface area contributed by atoms with Gasteiger partial charge in [0, 0.05) is 12.1 Å². The Morgan fingerprint density at radius 1 is 1.43 bits per heavy atom. The van der Waals surface area contributed by atoms with Gasteiger partial charge in [-0.2, -0.15) is 0 Å². The van der Waals surface area contributed by atoms with Crippen molar-refractivity contribution < 1.29 is 13.3 Å². The smallest absolute Gasteiger partial charge is 0.271 e. The molecule has 1 aliphatic rings. The van der Waals surface area contributed by atoms with E-state index in [1.165, 1.54) is 18.2 Å². The van der Waals surface area contributed by atoms with Crippen LogP contribution in [0.2, 0.25) is 0 Å². The molecule has 9 heteroatoms. The summed E-state index contributed by atoms with van der Waals surface area (Å²) in [5.74, 6) is 0.111. The number of hydrogen-bond donors (Lipinski definition) is 2. The number of rotatable bonds is 4. The van der Waals surface area contributed by atoms with Crippen molar-refractivity contribution >= 4 is 26.6 Å². The molecule has 3 rings (SSSR count). The minimum Gasteiger partial charge on any atom is -0.329 e. The summed E-state index contributed by atoms with van der Waals surface area (Å²) < 4.78 is 24.6. The lowest BCUT2D eigenvalue weighted by atomic mass is 10.2. The largest absolute Gasteiger partial charge is 0.329 e. The highest BCUT2D eigenvalue weighted by atomic mass is 32.2. The number of benzene rings is 1. The van der Waals surface area contributed by atoms with Crippen molar-refractivity contribution in [2.75, 3.05) is 18.8 Å². The number of fused-ring (bicyclic) bond motifs is 1. The lowest BCUT2D eigenvalue weighted by Gasteiger charge is -2.06. The molecule has 1 aromatic heterocycles. The first kappa shape index (κ1) is 14.0. The fourth-order valence-electron chi connectivity index (χ4n) is 2.48. The number of nitro groups is 1. The molecule has 2 heterocycles. The Kier molecular flexibility index (Phi) is 3.38. The normalized spacial score (nSPS) is 19.1. The third kappa shape index (κ3) is 2.74. The van der Waals surface area contributed by atoms with Gasteiger partial charge in [0.25, 0.3) is 5.69 Å². The molecule has 1 fully saturated rings. The zero-order valence-corrected chi connectivity index (χ0v) is 11.9. The number of nitrogens with one attached hydrogen (secondary N) is 2. The van der Waals surface area contributed by atoms with E-state index in [0.717, 1.165) is 13.0 Å². The highest BCUT2D eigenvalue weighted by molar-refractivity contribution is 7.91. The first-order valence-electron chi connectivity index (χ1n) is 6.53. The van der Waals surface area contributed by atoms with Gasteiger partial charge in [-0.15, -0.1) is 0 Å². The second-order valence-corrected chi connectivity index (χ2v) is 7.09. The van der Waals surface area contributed by atoms with Crippen molar-refractivity contribution in [3.63, 3.8) is 0 Å². The van der Waals surface area contributed by atoms with Gasteiger partial charge in [-0.25, -0.2) is 13.4 Å². The Balaban J connectivity index is 1.94. The van der Waals surface area contributed by atoms with E-state index < -0.39 is 14.8 Å². The Labute approximate surface area is 120 Å². The Hall–Kier alpha value is -2.00. The van der Waals surface area contributed by atoms with E-state index in [1.807, 2.05) is 0 Å². The zero-order chi connectivity index (χ0) is 15.0. The molecule has 1 atom stereocenters. The molecule has 1 aliphatic heterocycles. The summed E-state index contributed by atoms with van der Waals surface area (Å²) in [5.41, 5.74) is 0.658. The summed E-state index contributed by atoms with van der Waals surface area (Å²) in [6.45, 7) is 1.51. The summed E-state index contributed by atoms with van der Waals surface area (Å²) in [4.78, 5) is 16.9. The van der Waals surface area contributed by atoms with E-state index in [-0.39, 0.29) is 22.5 Å². The van der Waals surface area contributed by atoms with E-state index in [0.29, 0.717) is 17.6 Å². The Bertz CT molecular complexity index is 793. The molecule has 1 saturated heterocycles. The van der Waals surface area contributed by atoms with E-state index in [1.54, 1.807) is 0 Å². The van der Waals surface area contributed by atoms with Crippen molar-refractivity contribution in [2.24, 2.45) is 5.92 Å². The van der Waals surface area contributed by atoms with Gasteiger partial charge in [-0.05, 0) is 31.5 Å². The number of imidazole rings is 1. The van der Waals surface area contributed by atoms with Crippen LogP contribution in [0.4, 0.5) is 5.69 Å². The van der Waals surface area contributed by atoms with Crippen molar-refractivity contribution in [3.05, 3.63) is 28.3 Å². The fraction of sp³-hybridized carbons (Fsp3) is 0.417. The second kappa shape index (κ2) is 5.08. The minimum atomic E-state index is -3.52. The molecule has 2 N–H and O–H groups in total. The van der Waals surface area contributed by atoms with Gasteiger partial charge in [0.05, 0.1) is 21.7 Å². The van der Waals surface area contributed by atoms with Crippen LogP contribution in [0.5, 0.6) is 0 Å². The van der Waals surface area contributed by atoms with E-state index in [2.05, 4.69) is 15.3 Å². The van der Waals surface area contributed by atoms with Gasteiger partial charge < -0.3 is 10.3 Å². The van der Waals surface area contributed by atoms with E-state index in [4.69, 9.17) is 0 Å². The van der Waals surface area contributed by atoms with Gasteiger partial charge in [-0.1, -0.05) is 0 Å². The Morgan fingerprint density at radius 2 is 2.24 bits per heavy atom. The molecule has 21 heavy (non-hydrogen) atoms. The number of H-pyrrole nitrogens is 1. The minimum absolute atomic E-state index is 0.0297. The number of sulfone groups is 1. The number of nitro benzene ring substituents is 1. The standard InChI is InChI=1S/C12H14N4O4S/c17-16(18)9-1-2-10-11(5-9)15-12(14-10)21(19,20)7-8-3-4-13-6-8/h1-2,5,8,13H,3-4,6-7H2,(H,14,15). The van der Waals surface area contributed by atoms with Crippen LogP contribution in [-0.2, 0) is 9.84 Å². The Morgan fingerprint density at radius 3 is 2.90 bits per heavy atom. The van der Waals surface area contributed by atoms with Crippen LogP contribution < -0.4 is 5.32 Å². The molecule has 0 radical (unpaired) electrons. The fourth-order valence-corrected chi connectivity index (χ4v) is 4.05. The van der Waals surface area contributed by atoms with Crippen LogP contribution >= 0.6 is 0 Å². The summed E-state index contributed by atoms with van der Waals surface area (Å²) in [5, 5.41) is 13.7. The number of non-ortho nitro benzene ring substituents is 1. The highest BCUT2D eigenvalue weighted by Gasteiger charge is 2.26. The van der Waals surface area contributed by atoms with Gasteiger partial charge in [0.2, 0.25) is 15.0 Å². The zero-order valence-electron chi connectivity index (χ0n) is 11.1. The summed E-state index contributed by atoms with van der Waals surface area (Å²) >= 11 is 0. The average Bonchev–Trinajstić information content (AvgIpc) is 3.05. The van der Waals surface area contributed by atoms with Crippen molar-refractivity contribution in [1.82, 2.24) is 15.3 Å². The first-order chi connectivity index (χ1) is 9.95. The van der Waals surface area contributed by atoms with Gasteiger partial charge >= 0.3 is 0 Å². The quantitative estimate of drug-likeness (QED) is 0.638. The van der Waals surface area contributed by atoms with Gasteiger partial charge in [-0.3, -0.25) is 10.1 Å². The lowest BCUT2D eigenvalue weighted by molar-refractivity contribution is -0.384. The van der Waals surface area contributed by atoms with Crippen LogP contribution in [-0.4, -0.2) is 42.2 Å². The molecule has 2 aromatic rings. The average molecular weight is 310 g/mol. The number of nitrogens with zero attached hydrogens (tertiary/aromatic N) is 2. The molecule has 0 spiro atoms. The maximum atomic E-state index is 12.3. The topological polar surface area (TPSA) is 118 Å². The van der Waals surface area contributed by atoms with Crippen molar-refractivity contribution in [1.29, 1.82) is 0 Å². The van der Waals surface area contributed by atoms with Gasteiger partial charge in [0.15, 0.2) is 0 Å². The predicted octanol–water partition coefficient (Wildman–Crippen LogP) is 0.854. The van der Waals surface area contributed by atoms with Crippen molar-refractivity contribution in [3.8, 4) is 0 Å². The van der Waals surface area contributed by atoms with Crippen LogP contribution in [0, 0.1) is 16.0 Å². The molecule has 0 bridgehead atoms. The third-order valence-electron chi connectivity index (χ3n) is 3.57. The maximum absolute atomic E-state index is 12.3. The maximum Gasteiger partial charge on any atom is 0.271 e. The van der Waals surface area contributed by atoms with Crippen LogP contribution in [0.25, 0.3) is 11.0 Å². The van der Waals surface area contributed by atoms with Crippen molar-refractivity contribution in [2.45, 2.75) is 11.6 Å². The molecule has 0 amide bonds. The lowest BCUT2D eigenvalue weighted by Crippen LogP contribution is -2.19. The first-order valence-corrected chi connectivity index (χ1v) is 8.18. The van der Waals surface area contributed by atoms with Crippen LogP contribution in [0.15, 0.2) is 23.4 Å². The van der Waals surface area contributed by atoms with E-state index in [9.17, 15) is 18.5 Å². The molecule has 112 valence electrons. The summed E-state index contributed by atoms with van der Waals surface area (Å²) in [6.07, 6.45) is 0.824. The summed E-state index contributed by atoms with van der Waals surface area (Å²) in [6, 6.07) is 4.04. The molecule has 8 nitrogen and oxygen atoms in total. The van der Waals surface area contributed by atoms with E-state index >= 15 is 0 Å². The molecular weight excluding hydrogens is 296 g/mol. The molecule has 0 aliphatic carbocycles. The predicted molar refractivity (Wildman–Crippen MR) is 75.8 cm³/mol. The molecule has 1 unspecified atom stereocenters. The summed E-state index contributed by atoms with van der Waals surface area (Å²) in [7, 11) is -3.52. The number of aromatic amines is 1. The monoisotopic (exact) mass is 310 g/mol. The SMILES string of the molecule is O=[N+]([O-])c1ccc2nc(S(=O)(=O)CC3CCNC3)[nH]c2c1. The van der Waals surface area contributed by atoms with Crippen LogP contribution in [0.1, 0.15) is 6.42 Å². The molecule has 1 aromatic carbocycles. The number of hydrogen-bond acceptors (Lipinski definition) is 6. The third-order valence-corrected chi connectivity index (χ3v) is 5.26. The van der Waals surface area contributed by atoms with Crippen LogP contribution in [0.3, 0.4) is 0 Å². The van der Waals surface area contributed by atoms with Gasteiger partial charge in [0.1, 0.15) is 0 Å². The highest BCUT2D eigenvalue weighted by Crippen LogP contribution is 2.22. The molecular formula is C12H14N4O4S. The number of aromatic nitrogens is 2. The molecule has 0 saturated carbocycles. The second-order valence-electron chi connectivity index (χ2n) is 5.14.